The van der Waals surface area contributed by atoms with Crippen LogP contribution in [0.2, 0.25) is 0 Å². The van der Waals surface area contributed by atoms with Gasteiger partial charge in [0, 0.05) is 30.8 Å². The third-order valence-electron chi connectivity index (χ3n) is 6.60. The van der Waals surface area contributed by atoms with E-state index in [2.05, 4.69) is 20.7 Å². The number of benzene rings is 1. The molecule has 0 saturated heterocycles. The van der Waals surface area contributed by atoms with E-state index in [1.807, 2.05) is 6.92 Å². The van der Waals surface area contributed by atoms with Crippen LogP contribution in [-0.4, -0.2) is 37.2 Å². The van der Waals surface area contributed by atoms with Crippen molar-refractivity contribution in [2.24, 2.45) is 17.8 Å². The fraction of sp³-hybridized carbons (Fsp3) is 0.417. The smallest absolute Gasteiger partial charge is 0.330 e. The molecule has 1 atom stereocenters. The fourth-order valence-corrected chi connectivity index (χ4v) is 4.67. The molecule has 0 bridgehead atoms. The number of aromatic amines is 1. The lowest BCUT2D eigenvalue weighted by molar-refractivity contribution is -0.119. The minimum absolute atomic E-state index is 0.143. The topological polar surface area (TPSA) is 114 Å². The van der Waals surface area contributed by atoms with E-state index >= 15 is 0 Å². The summed E-state index contributed by atoms with van der Waals surface area (Å²) in [5.74, 6) is 0.619. The number of hydrogen-bond donors (Lipinski definition) is 3. The third kappa shape index (κ3) is 4.48. The zero-order valence-corrected chi connectivity index (χ0v) is 18.5. The quantitative estimate of drug-likeness (QED) is 0.467. The highest BCUT2D eigenvalue weighted by Crippen LogP contribution is 2.50. The fourth-order valence-electron chi connectivity index (χ4n) is 4.67. The number of carbonyl (C=O) groups is 2. The monoisotopic (exact) mass is 448 g/mol. The van der Waals surface area contributed by atoms with E-state index in [1.165, 1.54) is 4.57 Å². The van der Waals surface area contributed by atoms with Gasteiger partial charge in [-0.15, -0.1) is 0 Å². The van der Waals surface area contributed by atoms with Crippen molar-refractivity contribution in [3.63, 3.8) is 0 Å². The van der Waals surface area contributed by atoms with Crippen LogP contribution in [0.15, 0.2) is 53.7 Å². The van der Waals surface area contributed by atoms with Crippen molar-refractivity contribution in [1.29, 1.82) is 0 Å². The first-order valence-corrected chi connectivity index (χ1v) is 11.5. The lowest BCUT2D eigenvalue weighted by atomic mass is 9.88. The second kappa shape index (κ2) is 8.73. The first-order chi connectivity index (χ1) is 16.0. The van der Waals surface area contributed by atoms with E-state index in [0.717, 1.165) is 25.7 Å². The Kier molecular flexibility index (Phi) is 5.62. The van der Waals surface area contributed by atoms with E-state index in [9.17, 15) is 14.4 Å². The average Bonchev–Trinajstić information content (AvgIpc) is 3.74. The Bertz CT molecular complexity index is 1190. The number of carbonyl (C=O) groups excluding carboxylic acids is 2. The van der Waals surface area contributed by atoms with E-state index in [1.54, 1.807) is 53.6 Å². The third-order valence-corrected chi connectivity index (χ3v) is 6.60. The van der Waals surface area contributed by atoms with Crippen LogP contribution in [0.5, 0.6) is 0 Å². The maximum Gasteiger partial charge on any atom is 0.330 e. The molecule has 2 amide bonds. The summed E-state index contributed by atoms with van der Waals surface area (Å²) in [6.45, 7) is 2.51. The predicted octanol–water partition coefficient (Wildman–Crippen LogP) is 2.56. The van der Waals surface area contributed by atoms with Crippen molar-refractivity contribution < 1.29 is 9.59 Å². The second-order valence-electron chi connectivity index (χ2n) is 8.91. The van der Waals surface area contributed by atoms with Crippen molar-refractivity contribution in [2.75, 3.05) is 5.32 Å². The Morgan fingerprint density at radius 1 is 1.12 bits per heavy atom. The van der Waals surface area contributed by atoms with Crippen LogP contribution in [0, 0.1) is 17.8 Å². The summed E-state index contributed by atoms with van der Waals surface area (Å²) < 4.78 is 3.12. The van der Waals surface area contributed by atoms with Gasteiger partial charge in [0.1, 0.15) is 11.7 Å². The van der Waals surface area contributed by atoms with Gasteiger partial charge in [0.15, 0.2) is 0 Å². The van der Waals surface area contributed by atoms with Gasteiger partial charge >= 0.3 is 5.69 Å². The molecule has 9 heteroatoms. The Balaban J connectivity index is 1.35. The summed E-state index contributed by atoms with van der Waals surface area (Å²) in [7, 11) is 0. The molecule has 9 nitrogen and oxygen atoms in total. The van der Waals surface area contributed by atoms with Crippen LogP contribution >= 0.6 is 0 Å². The normalized spacial score (nSPS) is 16.5. The summed E-state index contributed by atoms with van der Waals surface area (Å²) in [5.41, 5.74) is 1.56. The zero-order chi connectivity index (χ0) is 22.9. The molecule has 0 radical (unpaired) electrons. The summed E-state index contributed by atoms with van der Waals surface area (Å²) in [5, 5.41) is 10.2. The van der Waals surface area contributed by atoms with E-state index in [4.69, 9.17) is 0 Å². The van der Waals surface area contributed by atoms with Gasteiger partial charge in [-0.3, -0.25) is 18.8 Å². The van der Waals surface area contributed by atoms with Crippen molar-refractivity contribution in [3.8, 4) is 5.69 Å². The van der Waals surface area contributed by atoms with Gasteiger partial charge in [-0.1, -0.05) is 0 Å². The van der Waals surface area contributed by atoms with Gasteiger partial charge in [0.25, 0.3) is 5.91 Å². The molecular formula is C24H28N6O3. The molecule has 2 aliphatic carbocycles. The number of aromatic nitrogens is 4. The Labute approximate surface area is 191 Å². The van der Waals surface area contributed by atoms with Gasteiger partial charge in [-0.25, -0.2) is 4.79 Å². The number of aryl methyl sites for hydroxylation is 1. The van der Waals surface area contributed by atoms with Crippen molar-refractivity contribution >= 4 is 17.5 Å². The molecule has 33 heavy (non-hydrogen) atoms. The summed E-state index contributed by atoms with van der Waals surface area (Å²) in [6, 6.07) is 8.15. The molecule has 0 aliphatic heterocycles. The Hall–Kier alpha value is -3.62. The minimum Gasteiger partial charge on any atom is -0.339 e. The minimum atomic E-state index is -0.607. The highest BCUT2D eigenvalue weighted by Gasteiger charge is 2.48. The van der Waals surface area contributed by atoms with E-state index < -0.39 is 6.04 Å². The maximum atomic E-state index is 13.4. The molecule has 3 aromatic rings. The first kappa shape index (κ1) is 21.2. The van der Waals surface area contributed by atoms with Crippen LogP contribution in [0.3, 0.4) is 0 Å². The molecule has 2 saturated carbocycles. The highest BCUT2D eigenvalue weighted by atomic mass is 16.2. The van der Waals surface area contributed by atoms with Crippen molar-refractivity contribution in [2.45, 2.75) is 45.2 Å². The Morgan fingerprint density at radius 2 is 1.82 bits per heavy atom. The standard InChI is InChI=1S/C24H28N6O3/c1-2-30-19(11-12-26-30)22(31)28-21(20(15-3-4-15)16-5-6-16)23(32)27-17-7-9-18(10-8-17)29-14-13-25-24(29)33/h7-16,20-21H,2-6H2,1H3,(H,25,33)(H,27,32)(H,28,31)/t21-/m0/s1. The maximum absolute atomic E-state index is 13.4. The van der Waals surface area contributed by atoms with Crippen LogP contribution in [-0.2, 0) is 11.3 Å². The number of anilines is 1. The molecule has 3 N–H and O–H groups in total. The van der Waals surface area contributed by atoms with E-state index in [-0.39, 0.29) is 23.4 Å². The van der Waals surface area contributed by atoms with Gasteiger partial charge in [0.2, 0.25) is 5.91 Å². The van der Waals surface area contributed by atoms with Gasteiger partial charge in [0.05, 0.1) is 5.69 Å². The number of nitrogens with zero attached hydrogens (tertiary/aromatic N) is 3. The van der Waals surface area contributed by atoms with Crippen molar-refractivity contribution in [1.82, 2.24) is 24.6 Å². The number of rotatable bonds is 9. The molecule has 2 heterocycles. The molecule has 2 aromatic heterocycles. The molecule has 0 unspecified atom stereocenters. The first-order valence-electron chi connectivity index (χ1n) is 11.5. The molecular weight excluding hydrogens is 420 g/mol. The van der Waals surface area contributed by atoms with Crippen molar-refractivity contribution in [3.05, 3.63) is 65.1 Å². The molecule has 172 valence electrons. The summed E-state index contributed by atoms with van der Waals surface area (Å²) in [6.07, 6.45) is 9.25. The molecule has 5 rings (SSSR count). The van der Waals surface area contributed by atoms with Gasteiger partial charge in [-0.05, 0) is 80.7 Å². The molecule has 2 fully saturated rings. The average molecular weight is 449 g/mol. The lowest BCUT2D eigenvalue weighted by Crippen LogP contribution is -2.50. The second-order valence-corrected chi connectivity index (χ2v) is 8.91. The SMILES string of the molecule is CCn1nccc1C(=O)N[C@H](C(=O)Nc1ccc(-n2cc[nH]c2=O)cc1)C(C1CC1)C1CC1. The Morgan fingerprint density at radius 3 is 2.39 bits per heavy atom. The molecule has 1 aromatic carbocycles. The van der Waals surface area contributed by atoms with Crippen LogP contribution < -0.4 is 16.3 Å². The zero-order valence-electron chi connectivity index (χ0n) is 18.5. The predicted molar refractivity (Wildman–Crippen MR) is 123 cm³/mol. The van der Waals surface area contributed by atoms with Gasteiger partial charge in [-0.2, -0.15) is 5.10 Å². The van der Waals surface area contributed by atoms with E-state index in [0.29, 0.717) is 35.4 Å². The van der Waals surface area contributed by atoms with Crippen LogP contribution in [0.1, 0.15) is 43.1 Å². The number of H-pyrrole nitrogens is 1. The number of amides is 2. The lowest BCUT2D eigenvalue weighted by Gasteiger charge is -2.27. The van der Waals surface area contributed by atoms with Crippen LogP contribution in [0.4, 0.5) is 5.69 Å². The number of hydrogen-bond acceptors (Lipinski definition) is 4. The number of nitrogens with one attached hydrogen (secondary N) is 3. The molecule has 0 spiro atoms. The van der Waals surface area contributed by atoms with Crippen LogP contribution in [0.25, 0.3) is 5.69 Å². The number of imidazole rings is 1. The largest absolute Gasteiger partial charge is 0.339 e. The van der Waals surface area contributed by atoms with Gasteiger partial charge < -0.3 is 15.6 Å². The summed E-state index contributed by atoms with van der Waals surface area (Å²) in [4.78, 5) is 40.9. The summed E-state index contributed by atoms with van der Waals surface area (Å²) >= 11 is 0. The highest BCUT2D eigenvalue weighted by molar-refractivity contribution is 6.00. The molecule has 2 aliphatic rings.